The fraction of sp³-hybridized carbons (Fsp3) is 0.308. The highest BCUT2D eigenvalue weighted by molar-refractivity contribution is 5.79. The van der Waals surface area contributed by atoms with Crippen LogP contribution in [0.25, 0.3) is 5.52 Å². The van der Waals surface area contributed by atoms with Crippen molar-refractivity contribution in [1.29, 1.82) is 0 Å². The van der Waals surface area contributed by atoms with Crippen molar-refractivity contribution in [2.45, 2.75) is 26.2 Å². The van der Waals surface area contributed by atoms with Gasteiger partial charge in [0.2, 0.25) is 0 Å². The third-order valence-corrected chi connectivity index (χ3v) is 2.64. The summed E-state index contributed by atoms with van der Waals surface area (Å²) in [6, 6.07) is 8.02. The molecule has 0 saturated heterocycles. The van der Waals surface area contributed by atoms with Crippen LogP contribution >= 0.6 is 0 Å². The molecule has 2 heterocycles. The van der Waals surface area contributed by atoms with Gasteiger partial charge >= 0.3 is 0 Å². The lowest BCUT2D eigenvalue weighted by atomic mass is 9.87. The van der Waals surface area contributed by atoms with E-state index in [-0.39, 0.29) is 5.41 Å². The van der Waals surface area contributed by atoms with Gasteiger partial charge in [-0.2, -0.15) is 0 Å². The largest absolute Gasteiger partial charge is 0.314 e. The quantitative estimate of drug-likeness (QED) is 0.650. The van der Waals surface area contributed by atoms with E-state index < -0.39 is 0 Å². The van der Waals surface area contributed by atoms with Gasteiger partial charge in [-0.1, -0.05) is 26.8 Å². The molecule has 0 amide bonds. The summed E-state index contributed by atoms with van der Waals surface area (Å²) in [5, 5.41) is 0. The maximum absolute atomic E-state index is 11.1. The minimum atomic E-state index is 0.00225. The monoisotopic (exact) mass is 201 g/mol. The molecule has 0 saturated carbocycles. The van der Waals surface area contributed by atoms with Gasteiger partial charge in [-0.25, -0.2) is 0 Å². The fourth-order valence-electron chi connectivity index (χ4n) is 1.87. The molecule has 2 nitrogen and oxygen atoms in total. The van der Waals surface area contributed by atoms with Gasteiger partial charge in [0.15, 0.2) is 6.29 Å². The number of aldehydes is 1. The van der Waals surface area contributed by atoms with Crippen LogP contribution in [0.2, 0.25) is 0 Å². The smallest absolute Gasteiger partial charge is 0.167 e. The van der Waals surface area contributed by atoms with Crippen LogP contribution in [0.4, 0.5) is 0 Å². The van der Waals surface area contributed by atoms with E-state index >= 15 is 0 Å². The van der Waals surface area contributed by atoms with Gasteiger partial charge in [0.25, 0.3) is 0 Å². The number of fused-ring (bicyclic) bond motifs is 1. The van der Waals surface area contributed by atoms with Crippen molar-refractivity contribution in [3.8, 4) is 0 Å². The molecule has 0 unspecified atom stereocenters. The topological polar surface area (TPSA) is 21.5 Å². The first-order valence-electron chi connectivity index (χ1n) is 5.10. The van der Waals surface area contributed by atoms with Crippen LogP contribution in [0.5, 0.6) is 0 Å². The van der Waals surface area contributed by atoms with Crippen LogP contribution in [-0.2, 0) is 5.41 Å². The van der Waals surface area contributed by atoms with Crippen molar-refractivity contribution in [3.05, 3.63) is 41.7 Å². The number of hydrogen-bond acceptors (Lipinski definition) is 1. The Morgan fingerprint density at radius 3 is 2.60 bits per heavy atom. The van der Waals surface area contributed by atoms with Crippen LogP contribution < -0.4 is 0 Å². The Balaban J connectivity index is 2.81. The highest BCUT2D eigenvalue weighted by Crippen LogP contribution is 2.28. The number of aromatic nitrogens is 1. The van der Waals surface area contributed by atoms with Crippen LogP contribution in [-0.4, -0.2) is 10.7 Å². The average molecular weight is 201 g/mol. The lowest BCUT2D eigenvalue weighted by molar-refractivity contribution is 0.111. The third kappa shape index (κ3) is 1.56. The van der Waals surface area contributed by atoms with Gasteiger partial charge in [-0.15, -0.1) is 0 Å². The normalized spacial score (nSPS) is 11.9. The minimum Gasteiger partial charge on any atom is -0.314 e. The van der Waals surface area contributed by atoms with Crippen molar-refractivity contribution >= 4 is 11.8 Å². The predicted molar refractivity (Wildman–Crippen MR) is 61.5 cm³/mol. The lowest BCUT2D eigenvalue weighted by Crippen LogP contribution is -2.13. The van der Waals surface area contributed by atoms with Gasteiger partial charge < -0.3 is 4.40 Å². The van der Waals surface area contributed by atoms with Crippen LogP contribution in [0, 0.1) is 0 Å². The summed E-state index contributed by atoms with van der Waals surface area (Å²) in [6.07, 6.45) is 2.86. The zero-order valence-corrected chi connectivity index (χ0v) is 9.32. The summed E-state index contributed by atoms with van der Waals surface area (Å²) in [5.74, 6) is 0. The molecule has 0 aliphatic rings. The maximum Gasteiger partial charge on any atom is 0.167 e. The number of hydrogen-bond donors (Lipinski definition) is 0. The molecule has 0 spiro atoms. The van der Waals surface area contributed by atoms with E-state index in [0.717, 1.165) is 23.1 Å². The summed E-state index contributed by atoms with van der Waals surface area (Å²) in [5.41, 5.74) is 2.94. The fourth-order valence-corrected chi connectivity index (χ4v) is 1.87. The van der Waals surface area contributed by atoms with E-state index in [9.17, 15) is 4.79 Å². The van der Waals surface area contributed by atoms with Crippen LogP contribution in [0.3, 0.4) is 0 Å². The Labute approximate surface area is 89.5 Å². The number of carbonyl (C=O) groups is 1. The highest BCUT2D eigenvalue weighted by Gasteiger charge is 2.20. The van der Waals surface area contributed by atoms with E-state index in [1.807, 2.05) is 28.8 Å². The number of rotatable bonds is 1. The van der Waals surface area contributed by atoms with Gasteiger partial charge in [0.05, 0.1) is 5.69 Å². The van der Waals surface area contributed by atoms with Gasteiger partial charge in [-0.05, 0) is 29.2 Å². The summed E-state index contributed by atoms with van der Waals surface area (Å²) in [4.78, 5) is 11.1. The molecule has 0 aromatic carbocycles. The first-order valence-corrected chi connectivity index (χ1v) is 5.10. The Bertz CT molecular complexity index is 503. The van der Waals surface area contributed by atoms with E-state index in [2.05, 4.69) is 26.8 Å². The molecule has 2 aromatic heterocycles. The van der Waals surface area contributed by atoms with Crippen LogP contribution in [0.15, 0.2) is 30.5 Å². The van der Waals surface area contributed by atoms with Gasteiger partial charge in [0.1, 0.15) is 0 Å². The summed E-state index contributed by atoms with van der Waals surface area (Å²) in [7, 11) is 0. The third-order valence-electron chi connectivity index (χ3n) is 2.64. The van der Waals surface area contributed by atoms with Crippen molar-refractivity contribution in [3.63, 3.8) is 0 Å². The second-order valence-electron chi connectivity index (χ2n) is 4.81. The summed E-state index contributed by atoms with van der Waals surface area (Å²) in [6.45, 7) is 6.36. The molecule has 0 fully saturated rings. The Morgan fingerprint density at radius 1 is 1.27 bits per heavy atom. The predicted octanol–water partition coefficient (Wildman–Crippen LogP) is 3.05. The summed E-state index contributed by atoms with van der Waals surface area (Å²) >= 11 is 0. The molecule has 2 heteroatoms. The second-order valence-corrected chi connectivity index (χ2v) is 4.81. The summed E-state index contributed by atoms with van der Waals surface area (Å²) < 4.78 is 1.94. The molecule has 2 aromatic rings. The van der Waals surface area contributed by atoms with E-state index in [4.69, 9.17) is 0 Å². The van der Waals surface area contributed by atoms with Crippen molar-refractivity contribution in [2.75, 3.05) is 0 Å². The van der Waals surface area contributed by atoms with Crippen LogP contribution in [0.1, 0.15) is 36.8 Å². The van der Waals surface area contributed by atoms with Gasteiger partial charge in [0, 0.05) is 11.7 Å². The first-order chi connectivity index (χ1) is 7.04. The number of pyridine rings is 1. The Kier molecular flexibility index (Phi) is 2.14. The van der Waals surface area contributed by atoms with E-state index in [1.54, 1.807) is 0 Å². The maximum atomic E-state index is 11.1. The lowest BCUT2D eigenvalue weighted by Gasteiger charge is -2.17. The highest BCUT2D eigenvalue weighted by atomic mass is 16.1. The molecule has 2 rings (SSSR count). The molecule has 78 valence electrons. The first kappa shape index (κ1) is 9.97. The zero-order chi connectivity index (χ0) is 11.1. The average Bonchev–Trinajstić information content (AvgIpc) is 2.55. The zero-order valence-electron chi connectivity index (χ0n) is 9.32. The second kappa shape index (κ2) is 3.23. The molecule has 15 heavy (non-hydrogen) atoms. The van der Waals surface area contributed by atoms with Crippen molar-refractivity contribution in [2.24, 2.45) is 0 Å². The Hall–Kier alpha value is -1.57. The molecule has 0 N–H and O–H groups in total. The molecule has 0 aliphatic carbocycles. The van der Waals surface area contributed by atoms with Gasteiger partial charge in [-0.3, -0.25) is 4.79 Å². The SMILES string of the molecule is CC(C)(C)c1cc2ccccn2c1C=O. The minimum absolute atomic E-state index is 0.00225. The standard InChI is InChI=1S/C13H15NO/c1-13(2,3)11-8-10-6-4-5-7-14(10)12(11)9-15/h4-9H,1-3H3. The Morgan fingerprint density at radius 2 is 2.00 bits per heavy atom. The molecule has 0 radical (unpaired) electrons. The number of carbonyl (C=O) groups excluding carboxylic acids is 1. The van der Waals surface area contributed by atoms with Crippen molar-refractivity contribution in [1.82, 2.24) is 4.40 Å². The molecule has 0 aliphatic heterocycles. The molecular formula is C13H15NO. The molecule has 0 bridgehead atoms. The molecule has 0 atom stereocenters. The van der Waals surface area contributed by atoms with E-state index in [0.29, 0.717) is 0 Å². The number of nitrogens with zero attached hydrogens (tertiary/aromatic N) is 1. The van der Waals surface area contributed by atoms with E-state index in [1.165, 1.54) is 0 Å². The van der Waals surface area contributed by atoms with Crippen molar-refractivity contribution < 1.29 is 4.79 Å². The molecular weight excluding hydrogens is 186 g/mol.